The molecule has 1 aliphatic rings. The zero-order chi connectivity index (χ0) is 18.2. The van der Waals surface area contributed by atoms with E-state index in [9.17, 15) is 26.7 Å². The fourth-order valence-electron chi connectivity index (χ4n) is 2.91. The summed E-state index contributed by atoms with van der Waals surface area (Å²) < 4.78 is 64.7. The second kappa shape index (κ2) is 6.45. The Balaban J connectivity index is 1.77. The first kappa shape index (κ1) is 17.4. The normalized spacial score (nSPS) is 18.4. The van der Waals surface area contributed by atoms with E-state index in [0.717, 1.165) is 18.3 Å². The fraction of sp³-hybridized carbons (Fsp3) is 0.375. The van der Waals surface area contributed by atoms with Crippen LogP contribution in [-0.2, 0) is 6.18 Å². The predicted molar refractivity (Wildman–Crippen MR) is 77.8 cm³/mol. The highest BCUT2D eigenvalue weighted by Gasteiger charge is 2.35. The van der Waals surface area contributed by atoms with E-state index in [2.05, 4.69) is 9.97 Å². The molecule has 0 saturated carbocycles. The van der Waals surface area contributed by atoms with Crippen LogP contribution in [-0.4, -0.2) is 33.9 Å². The molecule has 1 atom stereocenters. The lowest BCUT2D eigenvalue weighted by atomic mass is 9.96. The number of carbonyl (C=O) groups is 1. The van der Waals surface area contributed by atoms with Crippen molar-refractivity contribution in [2.45, 2.75) is 24.9 Å². The number of imidazole rings is 1. The second-order valence-corrected chi connectivity index (χ2v) is 5.89. The third-order valence-corrected chi connectivity index (χ3v) is 4.16. The highest BCUT2D eigenvalue weighted by atomic mass is 19.4. The van der Waals surface area contributed by atoms with Crippen LogP contribution in [0.2, 0.25) is 0 Å². The van der Waals surface area contributed by atoms with Gasteiger partial charge in [0.15, 0.2) is 0 Å². The van der Waals surface area contributed by atoms with Crippen LogP contribution in [0.3, 0.4) is 0 Å². The van der Waals surface area contributed by atoms with Gasteiger partial charge in [-0.1, -0.05) is 0 Å². The molecule has 2 heterocycles. The van der Waals surface area contributed by atoms with Gasteiger partial charge < -0.3 is 9.88 Å². The van der Waals surface area contributed by atoms with E-state index < -0.39 is 35.3 Å². The first-order valence-corrected chi connectivity index (χ1v) is 7.62. The third-order valence-electron chi connectivity index (χ3n) is 4.16. The first-order valence-electron chi connectivity index (χ1n) is 7.62. The van der Waals surface area contributed by atoms with Crippen molar-refractivity contribution in [2.75, 3.05) is 13.1 Å². The van der Waals surface area contributed by atoms with Crippen molar-refractivity contribution >= 4 is 5.91 Å². The summed E-state index contributed by atoms with van der Waals surface area (Å²) in [6.45, 7) is 0.458. The number of rotatable bonds is 2. The number of aromatic nitrogens is 2. The zero-order valence-electron chi connectivity index (χ0n) is 12.9. The molecule has 4 nitrogen and oxygen atoms in total. The predicted octanol–water partition coefficient (Wildman–Crippen LogP) is 3.73. The number of likely N-dealkylation sites (tertiary alicyclic amines) is 1. The van der Waals surface area contributed by atoms with Crippen LogP contribution in [0.1, 0.15) is 40.6 Å². The van der Waals surface area contributed by atoms with E-state index in [1.807, 2.05) is 0 Å². The molecule has 1 amide bonds. The first-order chi connectivity index (χ1) is 11.8. The average molecular weight is 359 g/mol. The van der Waals surface area contributed by atoms with Crippen molar-refractivity contribution in [3.8, 4) is 0 Å². The maximum Gasteiger partial charge on any atom is 0.432 e. The summed E-state index contributed by atoms with van der Waals surface area (Å²) in [6.07, 6.45) is -2.70. The third kappa shape index (κ3) is 3.64. The van der Waals surface area contributed by atoms with E-state index >= 15 is 0 Å². The van der Waals surface area contributed by atoms with Crippen LogP contribution in [0.15, 0.2) is 24.4 Å². The molecule has 1 fully saturated rings. The highest BCUT2D eigenvalue weighted by Crippen LogP contribution is 2.31. The molecule has 1 N–H and O–H groups in total. The minimum absolute atomic E-state index is 0.112. The maximum absolute atomic E-state index is 13.8. The number of amides is 1. The molecule has 1 aliphatic heterocycles. The van der Waals surface area contributed by atoms with Crippen LogP contribution in [0.4, 0.5) is 22.0 Å². The number of carbonyl (C=O) groups excluding carboxylic acids is 1. The number of nitrogens with zero attached hydrogens (tertiary/aromatic N) is 2. The van der Waals surface area contributed by atoms with E-state index in [4.69, 9.17) is 0 Å². The Bertz CT molecular complexity index is 786. The molecule has 0 spiro atoms. The summed E-state index contributed by atoms with van der Waals surface area (Å²) in [5.74, 6) is -2.64. The molecule has 25 heavy (non-hydrogen) atoms. The summed E-state index contributed by atoms with van der Waals surface area (Å²) >= 11 is 0. The van der Waals surface area contributed by atoms with Crippen LogP contribution in [0, 0.1) is 11.6 Å². The number of aromatic amines is 1. The van der Waals surface area contributed by atoms with E-state index in [1.165, 1.54) is 4.90 Å². The smallest absolute Gasteiger partial charge is 0.338 e. The minimum atomic E-state index is -4.52. The minimum Gasteiger partial charge on any atom is -0.338 e. The largest absolute Gasteiger partial charge is 0.432 e. The number of hydrogen-bond donors (Lipinski definition) is 1. The van der Waals surface area contributed by atoms with Gasteiger partial charge >= 0.3 is 6.18 Å². The van der Waals surface area contributed by atoms with Crippen molar-refractivity contribution in [1.82, 2.24) is 14.9 Å². The molecule has 1 aromatic carbocycles. The van der Waals surface area contributed by atoms with Gasteiger partial charge in [-0.3, -0.25) is 4.79 Å². The summed E-state index contributed by atoms with van der Waals surface area (Å²) in [7, 11) is 0. The second-order valence-electron chi connectivity index (χ2n) is 5.89. The summed E-state index contributed by atoms with van der Waals surface area (Å²) in [6, 6.07) is 2.67. The Labute approximate surface area is 139 Å². The van der Waals surface area contributed by atoms with Gasteiger partial charge in [0.25, 0.3) is 5.91 Å². The molecule has 1 aromatic heterocycles. The Kier molecular flexibility index (Phi) is 4.49. The van der Waals surface area contributed by atoms with Gasteiger partial charge in [-0.15, -0.1) is 0 Å². The Hall–Kier alpha value is -2.45. The van der Waals surface area contributed by atoms with Crippen molar-refractivity contribution in [2.24, 2.45) is 0 Å². The lowest BCUT2D eigenvalue weighted by Gasteiger charge is -2.32. The number of hydrogen-bond acceptors (Lipinski definition) is 2. The standard InChI is InChI=1S/C16H14F5N3O/c17-10-3-4-11(12(18)6-10)15(25)24-5-1-2-9(8-24)14-22-7-13(23-14)16(19,20)21/h3-4,6-7,9H,1-2,5,8H2,(H,22,23)/t9-/m1/s1. The van der Waals surface area contributed by atoms with Crippen molar-refractivity contribution in [1.29, 1.82) is 0 Å². The Morgan fingerprint density at radius 3 is 2.68 bits per heavy atom. The van der Waals surface area contributed by atoms with Gasteiger partial charge in [0, 0.05) is 25.1 Å². The van der Waals surface area contributed by atoms with Gasteiger partial charge in [0.1, 0.15) is 23.2 Å². The van der Waals surface area contributed by atoms with Gasteiger partial charge in [-0.2, -0.15) is 13.2 Å². The van der Waals surface area contributed by atoms with Crippen molar-refractivity contribution in [3.63, 3.8) is 0 Å². The number of alkyl halides is 3. The average Bonchev–Trinajstić information content (AvgIpc) is 3.05. The quantitative estimate of drug-likeness (QED) is 0.831. The summed E-state index contributed by atoms with van der Waals surface area (Å²) in [5, 5.41) is 0. The highest BCUT2D eigenvalue weighted by molar-refractivity contribution is 5.94. The van der Waals surface area contributed by atoms with E-state index in [1.54, 1.807) is 0 Å². The number of H-pyrrole nitrogens is 1. The van der Waals surface area contributed by atoms with Gasteiger partial charge in [-0.05, 0) is 25.0 Å². The van der Waals surface area contributed by atoms with Crippen molar-refractivity contribution in [3.05, 3.63) is 53.1 Å². The molecular weight excluding hydrogens is 345 g/mol. The van der Waals surface area contributed by atoms with Crippen LogP contribution >= 0.6 is 0 Å². The molecule has 9 heteroatoms. The monoisotopic (exact) mass is 359 g/mol. The van der Waals surface area contributed by atoms with E-state index in [-0.39, 0.29) is 17.9 Å². The van der Waals surface area contributed by atoms with Gasteiger partial charge in [0.2, 0.25) is 0 Å². The Morgan fingerprint density at radius 2 is 2.04 bits per heavy atom. The molecule has 0 bridgehead atoms. The lowest BCUT2D eigenvalue weighted by molar-refractivity contribution is -0.141. The molecule has 0 unspecified atom stereocenters. The van der Waals surface area contributed by atoms with Crippen LogP contribution in [0.5, 0.6) is 0 Å². The SMILES string of the molecule is O=C(c1ccc(F)cc1F)N1CCC[C@@H](c2ncc(C(F)(F)F)[nH]2)C1. The van der Waals surface area contributed by atoms with Crippen LogP contribution in [0.25, 0.3) is 0 Å². The van der Waals surface area contributed by atoms with Gasteiger partial charge in [-0.25, -0.2) is 13.8 Å². The fourth-order valence-corrected chi connectivity index (χ4v) is 2.91. The van der Waals surface area contributed by atoms with Crippen LogP contribution < -0.4 is 0 Å². The molecule has 3 rings (SSSR count). The molecule has 134 valence electrons. The summed E-state index contributed by atoms with van der Waals surface area (Å²) in [4.78, 5) is 19.8. The maximum atomic E-state index is 13.8. The Morgan fingerprint density at radius 1 is 1.28 bits per heavy atom. The molecule has 1 saturated heterocycles. The molecule has 0 aliphatic carbocycles. The lowest BCUT2D eigenvalue weighted by Crippen LogP contribution is -2.39. The van der Waals surface area contributed by atoms with Crippen molar-refractivity contribution < 1.29 is 26.7 Å². The number of benzene rings is 1. The number of halogens is 5. The zero-order valence-corrected chi connectivity index (χ0v) is 12.9. The molecule has 0 radical (unpaired) electrons. The van der Waals surface area contributed by atoms with Gasteiger partial charge in [0.05, 0.1) is 11.8 Å². The number of piperidine rings is 1. The summed E-state index contributed by atoms with van der Waals surface area (Å²) in [5.41, 5.74) is -1.21. The van der Waals surface area contributed by atoms with E-state index in [0.29, 0.717) is 25.5 Å². The molecule has 2 aromatic rings. The molecular formula is C16H14F5N3O. The number of nitrogens with one attached hydrogen (secondary N) is 1. The topological polar surface area (TPSA) is 49.0 Å².